The zero-order chi connectivity index (χ0) is 19.6. The van der Waals surface area contributed by atoms with Crippen molar-refractivity contribution in [3.63, 3.8) is 0 Å². The minimum atomic E-state index is -0.551. The summed E-state index contributed by atoms with van der Waals surface area (Å²) in [6, 6.07) is 10.7. The van der Waals surface area contributed by atoms with Crippen LogP contribution in [0.2, 0.25) is 0 Å². The van der Waals surface area contributed by atoms with Gasteiger partial charge >= 0.3 is 0 Å². The molecule has 0 unspecified atom stereocenters. The Morgan fingerprint density at radius 1 is 0.929 bits per heavy atom. The van der Waals surface area contributed by atoms with Crippen molar-refractivity contribution in [1.29, 1.82) is 0 Å². The van der Waals surface area contributed by atoms with Gasteiger partial charge in [0.05, 0.1) is 0 Å². The Bertz CT molecular complexity index is 888. The maximum absolute atomic E-state index is 12.9. The lowest BCUT2D eigenvalue weighted by molar-refractivity contribution is -0.116. The summed E-state index contributed by atoms with van der Waals surface area (Å²) in [4.78, 5) is 24.3. The number of halogens is 1. The van der Waals surface area contributed by atoms with Gasteiger partial charge in [-0.1, -0.05) is 6.42 Å². The Hall–Kier alpha value is -2.89. The predicted octanol–water partition coefficient (Wildman–Crippen LogP) is 4.86. The van der Waals surface area contributed by atoms with Gasteiger partial charge in [0.1, 0.15) is 5.82 Å². The molecule has 0 aromatic heterocycles. The van der Waals surface area contributed by atoms with E-state index in [-0.39, 0.29) is 24.5 Å². The van der Waals surface area contributed by atoms with E-state index >= 15 is 0 Å². The van der Waals surface area contributed by atoms with E-state index in [1.54, 1.807) is 18.2 Å². The summed E-state index contributed by atoms with van der Waals surface area (Å²) in [5.74, 6) is -0.0625. The second kappa shape index (κ2) is 7.62. The van der Waals surface area contributed by atoms with Gasteiger partial charge in [-0.05, 0) is 49.2 Å². The Labute approximate surface area is 162 Å². The summed E-state index contributed by atoms with van der Waals surface area (Å²) in [5, 5.41) is 2.79. The normalized spacial score (nSPS) is 16.8. The fraction of sp³-hybridized carbons (Fsp3) is 0.364. The number of nitrogens with one attached hydrogen (secondary N) is 1. The molecule has 1 saturated carbocycles. The van der Waals surface area contributed by atoms with Gasteiger partial charge in [0, 0.05) is 43.0 Å². The summed E-state index contributed by atoms with van der Waals surface area (Å²) in [6.07, 6.45) is 5.21. The standard InChI is InChI=1S/C22H22FNO4/c23-16-6-4-15(5-7-16)18(25)9-11-21(26)24-17-8-10-19-20(14-17)28-22(27-19)12-2-1-3-13-22/h4-8,10,14H,1-3,9,11-13H2,(H,24,26). The van der Waals surface area contributed by atoms with Gasteiger partial charge in [-0.2, -0.15) is 0 Å². The highest BCUT2D eigenvalue weighted by molar-refractivity contribution is 6.00. The molecule has 2 aromatic carbocycles. The van der Waals surface area contributed by atoms with Crippen molar-refractivity contribution in [1.82, 2.24) is 0 Å². The molecule has 4 rings (SSSR count). The summed E-state index contributed by atoms with van der Waals surface area (Å²) >= 11 is 0. The van der Waals surface area contributed by atoms with Crippen LogP contribution in [0, 0.1) is 5.82 Å². The smallest absolute Gasteiger partial charge is 0.251 e. The Kier molecular flexibility index (Phi) is 5.03. The van der Waals surface area contributed by atoms with E-state index in [0.717, 1.165) is 25.7 Å². The van der Waals surface area contributed by atoms with Crippen molar-refractivity contribution in [2.45, 2.75) is 50.7 Å². The molecular weight excluding hydrogens is 361 g/mol. The average molecular weight is 383 g/mol. The highest BCUT2D eigenvalue weighted by Crippen LogP contribution is 2.46. The van der Waals surface area contributed by atoms with Crippen molar-refractivity contribution < 1.29 is 23.5 Å². The lowest BCUT2D eigenvalue weighted by Crippen LogP contribution is -2.40. The fourth-order valence-electron chi connectivity index (χ4n) is 3.70. The van der Waals surface area contributed by atoms with Crippen LogP contribution in [-0.4, -0.2) is 17.5 Å². The Balaban J connectivity index is 1.32. The number of carbonyl (C=O) groups is 2. The number of carbonyl (C=O) groups excluding carboxylic acids is 2. The van der Waals surface area contributed by atoms with Crippen LogP contribution in [-0.2, 0) is 4.79 Å². The summed E-state index contributed by atoms with van der Waals surface area (Å²) in [5.41, 5.74) is 1.00. The molecule has 1 N–H and O–H groups in total. The monoisotopic (exact) mass is 383 g/mol. The first-order valence-corrected chi connectivity index (χ1v) is 9.64. The number of rotatable bonds is 5. The molecule has 1 heterocycles. The van der Waals surface area contributed by atoms with Gasteiger partial charge in [0.25, 0.3) is 5.79 Å². The van der Waals surface area contributed by atoms with Gasteiger partial charge in [0.15, 0.2) is 17.3 Å². The number of anilines is 1. The van der Waals surface area contributed by atoms with Gasteiger partial charge in [-0.3, -0.25) is 9.59 Å². The topological polar surface area (TPSA) is 64.6 Å². The van der Waals surface area contributed by atoms with Crippen LogP contribution in [0.4, 0.5) is 10.1 Å². The van der Waals surface area contributed by atoms with E-state index in [0.29, 0.717) is 22.7 Å². The third kappa shape index (κ3) is 4.01. The van der Waals surface area contributed by atoms with Crippen LogP contribution >= 0.6 is 0 Å². The molecule has 2 aliphatic rings. The van der Waals surface area contributed by atoms with Crippen molar-refractivity contribution in [3.05, 3.63) is 53.8 Å². The lowest BCUT2D eigenvalue weighted by Gasteiger charge is -2.31. The number of amides is 1. The third-order valence-electron chi connectivity index (χ3n) is 5.18. The van der Waals surface area contributed by atoms with Crippen molar-refractivity contribution in [2.24, 2.45) is 0 Å². The second-order valence-corrected chi connectivity index (χ2v) is 7.32. The summed E-state index contributed by atoms with van der Waals surface area (Å²) in [6.45, 7) is 0. The highest BCUT2D eigenvalue weighted by Gasteiger charge is 2.42. The van der Waals surface area contributed by atoms with E-state index in [4.69, 9.17) is 9.47 Å². The number of ketones is 1. The lowest BCUT2D eigenvalue weighted by atomic mass is 9.94. The Morgan fingerprint density at radius 2 is 1.64 bits per heavy atom. The molecule has 0 saturated heterocycles. The third-order valence-corrected chi connectivity index (χ3v) is 5.18. The molecule has 5 nitrogen and oxygen atoms in total. The van der Waals surface area contributed by atoms with Crippen molar-refractivity contribution in [3.8, 4) is 11.5 Å². The maximum atomic E-state index is 12.9. The van der Waals surface area contributed by atoms with E-state index in [9.17, 15) is 14.0 Å². The van der Waals surface area contributed by atoms with Crippen LogP contribution in [0.1, 0.15) is 55.3 Å². The van der Waals surface area contributed by atoms with Crippen LogP contribution < -0.4 is 14.8 Å². The van der Waals surface area contributed by atoms with Gasteiger partial charge < -0.3 is 14.8 Å². The van der Waals surface area contributed by atoms with Crippen molar-refractivity contribution >= 4 is 17.4 Å². The number of hydrogen-bond donors (Lipinski definition) is 1. The first kappa shape index (κ1) is 18.5. The first-order chi connectivity index (χ1) is 13.5. The maximum Gasteiger partial charge on any atom is 0.251 e. The molecule has 1 aliphatic heterocycles. The molecule has 28 heavy (non-hydrogen) atoms. The average Bonchev–Trinajstić information content (AvgIpc) is 3.03. The van der Waals surface area contributed by atoms with E-state index in [2.05, 4.69) is 5.32 Å². The second-order valence-electron chi connectivity index (χ2n) is 7.32. The van der Waals surface area contributed by atoms with E-state index < -0.39 is 11.6 Å². The fourth-order valence-corrected chi connectivity index (χ4v) is 3.70. The molecule has 1 amide bonds. The van der Waals surface area contributed by atoms with Crippen LogP contribution in [0.5, 0.6) is 11.5 Å². The number of hydrogen-bond acceptors (Lipinski definition) is 4. The molecule has 0 atom stereocenters. The number of benzene rings is 2. The Morgan fingerprint density at radius 3 is 2.39 bits per heavy atom. The molecule has 0 radical (unpaired) electrons. The minimum Gasteiger partial charge on any atom is -0.448 e. The predicted molar refractivity (Wildman–Crippen MR) is 102 cm³/mol. The van der Waals surface area contributed by atoms with Crippen LogP contribution in [0.3, 0.4) is 0 Å². The quantitative estimate of drug-likeness (QED) is 0.749. The summed E-state index contributed by atoms with van der Waals surface area (Å²) in [7, 11) is 0. The number of fused-ring (bicyclic) bond motifs is 1. The molecule has 146 valence electrons. The van der Waals surface area contributed by atoms with Gasteiger partial charge in [-0.15, -0.1) is 0 Å². The molecule has 0 bridgehead atoms. The zero-order valence-electron chi connectivity index (χ0n) is 15.5. The molecular formula is C22H22FNO4. The number of Topliss-reactive ketones (excluding diaryl/α,β-unsaturated/α-hetero) is 1. The largest absolute Gasteiger partial charge is 0.448 e. The van der Waals surface area contributed by atoms with Crippen LogP contribution in [0.25, 0.3) is 0 Å². The first-order valence-electron chi connectivity index (χ1n) is 9.64. The summed E-state index contributed by atoms with van der Waals surface area (Å²) < 4.78 is 25.0. The highest BCUT2D eigenvalue weighted by atomic mass is 19.1. The van der Waals surface area contributed by atoms with E-state index in [1.807, 2.05) is 0 Å². The molecule has 6 heteroatoms. The number of ether oxygens (including phenoxy) is 2. The van der Waals surface area contributed by atoms with E-state index in [1.165, 1.54) is 30.7 Å². The molecule has 2 aromatic rings. The van der Waals surface area contributed by atoms with Crippen LogP contribution in [0.15, 0.2) is 42.5 Å². The molecule has 1 spiro atoms. The molecule has 1 aliphatic carbocycles. The SMILES string of the molecule is O=C(CCC(=O)c1ccc(F)cc1)Nc1ccc2c(c1)OC1(CCCCC1)O2. The zero-order valence-corrected chi connectivity index (χ0v) is 15.5. The van der Waals surface area contributed by atoms with Crippen molar-refractivity contribution in [2.75, 3.05) is 5.32 Å². The van der Waals surface area contributed by atoms with Gasteiger partial charge in [0.2, 0.25) is 5.91 Å². The van der Waals surface area contributed by atoms with Gasteiger partial charge in [-0.25, -0.2) is 4.39 Å². The molecule has 1 fully saturated rings. The minimum absolute atomic E-state index is 0.0502.